The summed E-state index contributed by atoms with van der Waals surface area (Å²) < 4.78 is 47.4. The lowest BCUT2D eigenvalue weighted by Crippen LogP contribution is -2.14. The SMILES string of the molecule is C#Cc1cccc(C(=O)Nc2cccc(Oc3cccnc3)c2)c1.C#Cc1cccc(C(=O)Nc2cccc(Oc3cncnc3)n2)c1.C#Cc1cccc(C(=O)Nc2cncc(Oc3cccnc3)c2)c1.Cc1ccc(F)c(C(=O)Nc2cncc(Oc3cncnc3)c2)c1.Cc1cccc(C(=O)Nc2cc(Oc3cncnc3)ccn2)c1.Cc1cccc(C(=O)Nc2cc(Oc3cncnc3)ccn2)c1. The Bertz CT molecular complexity index is 7010. The number of amides is 6. The van der Waals surface area contributed by atoms with E-state index in [9.17, 15) is 33.2 Å². The molecule has 0 fully saturated rings. The van der Waals surface area contributed by atoms with Crippen LogP contribution < -0.4 is 60.3 Å². The van der Waals surface area contributed by atoms with Crippen LogP contribution in [0.2, 0.25) is 0 Å². The molecule has 0 bridgehead atoms. The Morgan fingerprint density at radius 2 is 0.599 bits per heavy atom. The van der Waals surface area contributed by atoms with Crippen LogP contribution in [0, 0.1) is 63.6 Å². The molecule has 33 nitrogen and oxygen atoms in total. The molecule has 0 aliphatic heterocycles. The first-order valence-corrected chi connectivity index (χ1v) is 42.5. The second kappa shape index (κ2) is 51.4. The van der Waals surface area contributed by atoms with Crippen molar-refractivity contribution in [1.82, 2.24) is 74.8 Å². The molecule has 696 valence electrons. The minimum absolute atomic E-state index is 0.0298. The van der Waals surface area contributed by atoms with E-state index in [1.165, 1.54) is 74.6 Å². The smallest absolute Gasteiger partial charge is 0.258 e. The lowest BCUT2D eigenvalue weighted by molar-refractivity contribution is 0.101. The molecule has 0 saturated carbocycles. The molecule has 0 atom stereocenters. The lowest BCUT2D eigenvalue weighted by atomic mass is 10.1. The van der Waals surface area contributed by atoms with Gasteiger partial charge in [-0.05, 0) is 166 Å². The second-order valence-electron chi connectivity index (χ2n) is 29.4. The minimum Gasteiger partial charge on any atom is -0.456 e. The standard InChI is InChI=1S/C20H14N2O2.C19H13N3O2.C18H12N4O2.C17H13FN4O2.2C17H14N4O2/c1-2-15-6-3-7-16(12-15)20(23)22-17-8-4-9-18(13-17)24-19-10-5-11-21-14-19;1-2-14-5-3-6-15(9-14)19(23)22-16-10-18(13-21-11-16)24-17-7-4-8-20-12-17;1-2-13-5-3-6-14(9-13)18(23)22-16-7-4-8-17(21-16)24-15-10-19-12-20-11-15;1-11-2-3-16(18)15(4-11)17(23)22-12-5-13(7-19-6-12)24-14-8-20-10-21-9-14;2*1-12-3-2-4-13(7-12)17(22)21-16-8-14(5-6-20-16)23-15-9-18-11-19-10-15/h1,3-14H,(H,22,23);1,3-13H,(H,22,23);1,3-12H,(H,21,22,23);2-10H,1H3,(H,22,23);2*2-11H,1H3,(H,20,21,22). The first-order valence-electron chi connectivity index (χ1n) is 42.5. The van der Waals surface area contributed by atoms with Crippen LogP contribution in [0.1, 0.15) is 95.5 Å². The summed E-state index contributed by atoms with van der Waals surface area (Å²) in [7, 11) is 0. The highest BCUT2D eigenvalue weighted by Gasteiger charge is 2.18. The second-order valence-corrected chi connectivity index (χ2v) is 29.4. The van der Waals surface area contributed by atoms with Crippen molar-refractivity contribution >= 4 is 70.0 Å². The molecule has 7 aromatic carbocycles. The fraction of sp³-hybridized carbons (Fsp3) is 0.0278. The molecule has 18 aromatic rings. The number of ether oxygens (including phenoxy) is 6. The Morgan fingerprint density at radius 3 is 1.04 bits per heavy atom. The van der Waals surface area contributed by atoms with Gasteiger partial charge in [0, 0.05) is 111 Å². The minimum atomic E-state index is -0.583. The number of hydrogen-bond donors (Lipinski definition) is 6. The molecule has 0 aliphatic carbocycles. The number of hydrogen-bond acceptors (Lipinski definition) is 27. The van der Waals surface area contributed by atoms with Gasteiger partial charge in [0.1, 0.15) is 88.8 Å². The number of nitrogens with one attached hydrogen (secondary N) is 6. The zero-order chi connectivity index (χ0) is 99.4. The quantitative estimate of drug-likeness (QED) is 0.0306. The number of benzene rings is 7. The van der Waals surface area contributed by atoms with Gasteiger partial charge in [-0.1, -0.05) is 95.1 Å². The van der Waals surface area contributed by atoms with Crippen molar-refractivity contribution in [1.29, 1.82) is 0 Å². The van der Waals surface area contributed by atoms with Gasteiger partial charge in [0.05, 0.1) is 104 Å². The summed E-state index contributed by atoms with van der Waals surface area (Å²) in [6.07, 6.45) is 49.6. The summed E-state index contributed by atoms with van der Waals surface area (Å²) in [4.78, 5) is 133. The average molecular weight is 1880 g/mol. The van der Waals surface area contributed by atoms with Gasteiger partial charge in [0.2, 0.25) is 5.88 Å². The van der Waals surface area contributed by atoms with E-state index in [0.29, 0.717) is 148 Å². The molecule has 0 saturated heterocycles. The van der Waals surface area contributed by atoms with Crippen molar-refractivity contribution in [3.63, 3.8) is 0 Å². The molecular formula is C108H80FN21O12. The highest BCUT2D eigenvalue weighted by molar-refractivity contribution is 6.07. The van der Waals surface area contributed by atoms with Crippen molar-refractivity contribution in [2.75, 3.05) is 31.9 Å². The van der Waals surface area contributed by atoms with Gasteiger partial charge < -0.3 is 60.3 Å². The number of anilines is 6. The Labute approximate surface area is 812 Å². The molecule has 34 heteroatoms. The predicted octanol–water partition coefficient (Wildman–Crippen LogP) is 20.3. The Balaban J connectivity index is 0.000000143. The molecule has 6 N–H and O–H groups in total. The number of rotatable bonds is 24. The number of pyridine rings is 7. The van der Waals surface area contributed by atoms with Gasteiger partial charge in [-0.15, -0.1) is 19.3 Å². The van der Waals surface area contributed by atoms with Gasteiger partial charge in [-0.3, -0.25) is 48.7 Å². The molecule has 0 unspecified atom stereocenters. The predicted molar refractivity (Wildman–Crippen MR) is 529 cm³/mol. The van der Waals surface area contributed by atoms with E-state index in [-0.39, 0.29) is 35.1 Å². The number of aryl methyl sites for hydroxylation is 3. The summed E-state index contributed by atoms with van der Waals surface area (Å²) in [6.45, 7) is 5.66. The highest BCUT2D eigenvalue weighted by Crippen LogP contribution is 2.30. The van der Waals surface area contributed by atoms with Crippen molar-refractivity contribution in [2.24, 2.45) is 0 Å². The van der Waals surface area contributed by atoms with Crippen molar-refractivity contribution in [3.05, 3.63) is 452 Å². The number of aromatic nitrogens is 15. The van der Waals surface area contributed by atoms with Crippen LogP contribution in [0.15, 0.2) is 380 Å². The Kier molecular flexibility index (Phi) is 35.7. The first kappa shape index (κ1) is 98.6. The molecule has 0 aliphatic rings. The zero-order valence-corrected chi connectivity index (χ0v) is 75.5. The van der Waals surface area contributed by atoms with E-state index in [0.717, 1.165) is 16.7 Å². The maximum atomic E-state index is 13.8. The fourth-order valence-electron chi connectivity index (χ4n) is 12.1. The molecule has 11 heterocycles. The monoisotopic (exact) mass is 1880 g/mol. The number of terminal acetylenes is 3. The maximum absolute atomic E-state index is 13.8. The average Bonchev–Trinajstić information content (AvgIpc) is 0.850. The van der Waals surface area contributed by atoms with Crippen LogP contribution in [-0.2, 0) is 0 Å². The molecule has 6 amide bonds. The topological polar surface area (TPSA) is 423 Å². The summed E-state index contributed by atoms with van der Waals surface area (Å²) in [5.74, 6) is 12.3. The zero-order valence-electron chi connectivity index (χ0n) is 75.5. The van der Waals surface area contributed by atoms with E-state index in [1.807, 2.05) is 62.4 Å². The fourth-order valence-corrected chi connectivity index (χ4v) is 12.1. The summed E-state index contributed by atoms with van der Waals surface area (Å²) >= 11 is 0. The van der Waals surface area contributed by atoms with Crippen LogP contribution in [0.3, 0.4) is 0 Å². The third-order valence-corrected chi connectivity index (χ3v) is 18.6. The molecule has 142 heavy (non-hydrogen) atoms. The molecule has 0 radical (unpaired) electrons. The van der Waals surface area contributed by atoms with Crippen LogP contribution >= 0.6 is 0 Å². The van der Waals surface area contributed by atoms with Crippen LogP contribution in [-0.4, -0.2) is 110 Å². The van der Waals surface area contributed by atoms with Gasteiger partial charge in [-0.25, -0.2) is 54.2 Å². The van der Waals surface area contributed by atoms with E-state index < -0.39 is 11.7 Å². The third-order valence-electron chi connectivity index (χ3n) is 18.6. The molecular weight excluding hydrogens is 1800 g/mol. The van der Waals surface area contributed by atoms with Gasteiger partial charge in [0.25, 0.3) is 35.4 Å². The molecule has 11 aromatic heterocycles. The summed E-state index contributed by atoms with van der Waals surface area (Å²) in [5.41, 5.74) is 8.88. The van der Waals surface area contributed by atoms with E-state index >= 15 is 0 Å². The number of carbonyl (C=O) groups excluding carboxylic acids is 6. The lowest BCUT2D eigenvalue weighted by Gasteiger charge is -2.09. The Hall–Kier alpha value is -20.9. The third kappa shape index (κ3) is 31.9. The van der Waals surface area contributed by atoms with Gasteiger partial charge >= 0.3 is 0 Å². The van der Waals surface area contributed by atoms with Gasteiger partial charge in [0.15, 0.2) is 23.0 Å². The highest BCUT2D eigenvalue weighted by atomic mass is 19.1. The van der Waals surface area contributed by atoms with Gasteiger partial charge in [-0.2, -0.15) is 4.98 Å². The van der Waals surface area contributed by atoms with Crippen molar-refractivity contribution in [3.8, 4) is 106 Å². The summed E-state index contributed by atoms with van der Waals surface area (Å²) in [5, 5.41) is 16.4. The number of halogens is 1. The van der Waals surface area contributed by atoms with E-state index in [1.54, 1.807) is 263 Å². The van der Waals surface area contributed by atoms with Crippen LogP contribution in [0.5, 0.6) is 69.1 Å². The summed E-state index contributed by atoms with van der Waals surface area (Å²) in [6, 6.07) is 68.9. The number of carbonyl (C=O) groups is 6. The number of nitrogens with zero attached hydrogens (tertiary/aromatic N) is 15. The van der Waals surface area contributed by atoms with Crippen molar-refractivity contribution in [2.45, 2.75) is 20.8 Å². The van der Waals surface area contributed by atoms with Crippen LogP contribution in [0.4, 0.5) is 38.9 Å². The normalized spacial score (nSPS) is 9.98. The van der Waals surface area contributed by atoms with Crippen LogP contribution in [0.25, 0.3) is 0 Å². The van der Waals surface area contributed by atoms with Crippen molar-refractivity contribution < 1.29 is 61.6 Å². The van der Waals surface area contributed by atoms with E-state index in [2.05, 4.69) is 124 Å². The molecule has 18 rings (SSSR count). The van der Waals surface area contributed by atoms with E-state index in [4.69, 9.17) is 47.7 Å². The first-order chi connectivity index (χ1) is 69.2. The largest absolute Gasteiger partial charge is 0.456 e. The molecule has 0 spiro atoms. The maximum Gasteiger partial charge on any atom is 0.258 e. The Morgan fingerprint density at radius 1 is 0.261 bits per heavy atom.